The lowest BCUT2D eigenvalue weighted by Gasteiger charge is -2.10. The number of nitrogens with zero attached hydrogens (tertiary/aromatic N) is 4. The molecule has 2 aromatic heterocycles. The molecule has 0 spiro atoms. The van der Waals surface area contributed by atoms with Crippen molar-refractivity contribution in [2.24, 2.45) is 0 Å². The second-order valence-corrected chi connectivity index (χ2v) is 4.29. The molecule has 0 amide bonds. The molecule has 1 aliphatic rings. The monoisotopic (exact) mass is 245 g/mol. The molecule has 2 heterocycles. The van der Waals surface area contributed by atoms with Crippen LogP contribution in [0, 0.1) is 0 Å². The van der Waals surface area contributed by atoms with Gasteiger partial charge in [-0.05, 0) is 18.9 Å². The number of anilines is 1. The van der Waals surface area contributed by atoms with Crippen LogP contribution in [0.15, 0.2) is 18.6 Å². The maximum atomic E-state index is 5.36. The van der Waals surface area contributed by atoms with Gasteiger partial charge in [-0.2, -0.15) is 5.10 Å². The van der Waals surface area contributed by atoms with Crippen LogP contribution in [0.3, 0.4) is 0 Å². The summed E-state index contributed by atoms with van der Waals surface area (Å²) in [6.07, 6.45) is 5.89. The van der Waals surface area contributed by atoms with E-state index in [2.05, 4.69) is 20.4 Å². The van der Waals surface area contributed by atoms with Crippen molar-refractivity contribution >= 4 is 5.82 Å². The number of rotatable bonds is 4. The van der Waals surface area contributed by atoms with E-state index in [-0.39, 0.29) is 0 Å². The first kappa shape index (κ1) is 11.0. The number of aromatic nitrogens is 4. The highest BCUT2D eigenvalue weighted by Crippen LogP contribution is 2.39. The molecule has 6 heteroatoms. The van der Waals surface area contributed by atoms with Crippen molar-refractivity contribution in [1.82, 2.24) is 19.7 Å². The zero-order chi connectivity index (χ0) is 12.5. The van der Waals surface area contributed by atoms with E-state index in [9.17, 15) is 0 Å². The van der Waals surface area contributed by atoms with Crippen LogP contribution in [-0.2, 0) is 0 Å². The molecular formula is C12H15N5O. The first-order valence-electron chi connectivity index (χ1n) is 5.96. The Morgan fingerprint density at radius 2 is 2.22 bits per heavy atom. The maximum absolute atomic E-state index is 5.36. The van der Waals surface area contributed by atoms with Crippen molar-refractivity contribution in [3.8, 4) is 11.6 Å². The number of hydrogen-bond acceptors (Lipinski definition) is 5. The van der Waals surface area contributed by atoms with Gasteiger partial charge in [-0.15, -0.1) is 0 Å². The molecule has 0 unspecified atom stereocenters. The molecule has 2 aromatic rings. The third kappa shape index (κ3) is 1.79. The van der Waals surface area contributed by atoms with Crippen molar-refractivity contribution in [1.29, 1.82) is 0 Å². The largest absolute Gasteiger partial charge is 0.490 e. The number of methoxy groups -OCH3 is 1. The number of ether oxygens (including phenoxy) is 1. The van der Waals surface area contributed by atoms with Gasteiger partial charge in [0.1, 0.15) is 6.33 Å². The molecule has 1 fully saturated rings. The van der Waals surface area contributed by atoms with Crippen LogP contribution >= 0.6 is 0 Å². The normalized spacial score (nSPS) is 14.6. The summed E-state index contributed by atoms with van der Waals surface area (Å²) in [5.41, 5.74) is 1.13. The average molecular weight is 245 g/mol. The molecule has 94 valence electrons. The lowest BCUT2D eigenvalue weighted by atomic mass is 10.3. The SMILES string of the molecule is CNc1ncnc(-n2ccc(C3CC3)n2)c1OC. The van der Waals surface area contributed by atoms with Crippen LogP contribution in [-0.4, -0.2) is 33.9 Å². The molecule has 0 aromatic carbocycles. The molecule has 1 saturated carbocycles. The van der Waals surface area contributed by atoms with Gasteiger partial charge in [0.2, 0.25) is 11.6 Å². The van der Waals surface area contributed by atoms with Crippen LogP contribution in [0.25, 0.3) is 5.82 Å². The maximum Gasteiger partial charge on any atom is 0.206 e. The molecule has 0 saturated heterocycles. The topological polar surface area (TPSA) is 64.9 Å². The van der Waals surface area contributed by atoms with E-state index in [1.54, 1.807) is 18.8 Å². The lowest BCUT2D eigenvalue weighted by Crippen LogP contribution is -2.06. The van der Waals surface area contributed by atoms with E-state index in [1.807, 2.05) is 12.3 Å². The fourth-order valence-corrected chi connectivity index (χ4v) is 1.95. The van der Waals surface area contributed by atoms with Crippen molar-refractivity contribution in [3.63, 3.8) is 0 Å². The van der Waals surface area contributed by atoms with Gasteiger partial charge in [0.05, 0.1) is 12.8 Å². The smallest absolute Gasteiger partial charge is 0.206 e. The number of hydrogen-bond donors (Lipinski definition) is 1. The molecule has 0 atom stereocenters. The van der Waals surface area contributed by atoms with E-state index in [4.69, 9.17) is 4.74 Å². The van der Waals surface area contributed by atoms with Gasteiger partial charge in [0.25, 0.3) is 0 Å². The standard InChI is InChI=1S/C12H15N5O/c1-13-11-10(18-2)12(15-7-14-11)17-6-5-9(16-17)8-3-4-8/h5-8H,3-4H2,1-2H3,(H,13,14,15). The summed E-state index contributed by atoms with van der Waals surface area (Å²) in [6.45, 7) is 0. The van der Waals surface area contributed by atoms with Gasteiger partial charge in [0.15, 0.2) is 5.82 Å². The predicted octanol–water partition coefficient (Wildman–Crippen LogP) is 1.59. The summed E-state index contributed by atoms with van der Waals surface area (Å²) < 4.78 is 7.10. The second kappa shape index (κ2) is 4.29. The van der Waals surface area contributed by atoms with Gasteiger partial charge in [-0.25, -0.2) is 14.6 Å². The van der Waals surface area contributed by atoms with Crippen LogP contribution < -0.4 is 10.1 Å². The molecular weight excluding hydrogens is 230 g/mol. The molecule has 1 N–H and O–H groups in total. The molecule has 0 bridgehead atoms. The van der Waals surface area contributed by atoms with Crippen LogP contribution in [0.2, 0.25) is 0 Å². The summed E-state index contributed by atoms with van der Waals surface area (Å²) in [4.78, 5) is 8.37. The Morgan fingerprint density at radius 3 is 2.89 bits per heavy atom. The van der Waals surface area contributed by atoms with Crippen molar-refractivity contribution in [3.05, 3.63) is 24.3 Å². The average Bonchev–Trinajstić information content (AvgIpc) is 3.15. The Morgan fingerprint density at radius 1 is 1.39 bits per heavy atom. The third-order valence-electron chi connectivity index (χ3n) is 3.05. The Bertz CT molecular complexity index is 561. The van der Waals surface area contributed by atoms with E-state index in [0.717, 1.165) is 5.69 Å². The Hall–Kier alpha value is -2.11. The highest BCUT2D eigenvalue weighted by Gasteiger charge is 2.26. The quantitative estimate of drug-likeness (QED) is 0.886. The second-order valence-electron chi connectivity index (χ2n) is 4.29. The van der Waals surface area contributed by atoms with E-state index in [0.29, 0.717) is 23.3 Å². The van der Waals surface area contributed by atoms with Crippen molar-refractivity contribution in [2.45, 2.75) is 18.8 Å². The highest BCUT2D eigenvalue weighted by molar-refractivity contribution is 5.57. The van der Waals surface area contributed by atoms with Crippen LogP contribution in [0.1, 0.15) is 24.5 Å². The molecule has 1 aliphatic carbocycles. The highest BCUT2D eigenvalue weighted by atomic mass is 16.5. The zero-order valence-electron chi connectivity index (χ0n) is 10.4. The van der Waals surface area contributed by atoms with Gasteiger partial charge < -0.3 is 10.1 Å². The molecule has 0 aliphatic heterocycles. The zero-order valence-corrected chi connectivity index (χ0v) is 10.4. The molecule has 6 nitrogen and oxygen atoms in total. The Kier molecular flexibility index (Phi) is 2.62. The van der Waals surface area contributed by atoms with Gasteiger partial charge in [0, 0.05) is 19.2 Å². The molecule has 3 rings (SSSR count). The number of nitrogens with one attached hydrogen (secondary N) is 1. The van der Waals surface area contributed by atoms with Crippen LogP contribution in [0.5, 0.6) is 5.75 Å². The van der Waals surface area contributed by atoms with Gasteiger partial charge in [-0.1, -0.05) is 0 Å². The minimum Gasteiger partial charge on any atom is -0.490 e. The van der Waals surface area contributed by atoms with Crippen LogP contribution in [0.4, 0.5) is 5.82 Å². The fraction of sp³-hybridized carbons (Fsp3) is 0.417. The van der Waals surface area contributed by atoms with E-state index < -0.39 is 0 Å². The predicted molar refractivity (Wildman–Crippen MR) is 67.2 cm³/mol. The summed E-state index contributed by atoms with van der Waals surface area (Å²) >= 11 is 0. The van der Waals surface area contributed by atoms with Crippen molar-refractivity contribution in [2.75, 3.05) is 19.5 Å². The van der Waals surface area contributed by atoms with Crippen molar-refractivity contribution < 1.29 is 4.74 Å². The Balaban J connectivity index is 2.03. The first-order valence-corrected chi connectivity index (χ1v) is 5.96. The minimum absolute atomic E-state index is 0.602. The molecule has 0 radical (unpaired) electrons. The van der Waals surface area contributed by atoms with Gasteiger partial charge >= 0.3 is 0 Å². The summed E-state index contributed by atoms with van der Waals surface area (Å²) in [6, 6.07) is 2.04. The van der Waals surface area contributed by atoms with E-state index in [1.165, 1.54) is 19.2 Å². The summed E-state index contributed by atoms with van der Waals surface area (Å²) in [7, 11) is 3.40. The lowest BCUT2D eigenvalue weighted by molar-refractivity contribution is 0.409. The van der Waals surface area contributed by atoms with Gasteiger partial charge in [-0.3, -0.25) is 0 Å². The fourth-order valence-electron chi connectivity index (χ4n) is 1.95. The minimum atomic E-state index is 0.602. The van der Waals surface area contributed by atoms with E-state index >= 15 is 0 Å². The third-order valence-corrected chi connectivity index (χ3v) is 3.05. The summed E-state index contributed by atoms with van der Waals surface area (Å²) in [5, 5.41) is 7.53. The Labute approximate surface area is 105 Å². The summed E-state index contributed by atoms with van der Waals surface area (Å²) in [5.74, 6) is 2.54. The molecule has 18 heavy (non-hydrogen) atoms. The first-order chi connectivity index (χ1) is 8.83.